The Hall–Kier alpha value is -3.04. The lowest BCUT2D eigenvalue weighted by molar-refractivity contribution is -0.133. The summed E-state index contributed by atoms with van der Waals surface area (Å²) in [6.07, 6.45) is 1.13. The van der Waals surface area contributed by atoms with E-state index in [2.05, 4.69) is 11.0 Å². The van der Waals surface area contributed by atoms with Gasteiger partial charge in [0.05, 0.1) is 19.8 Å². The van der Waals surface area contributed by atoms with Crippen molar-refractivity contribution in [3.05, 3.63) is 59.7 Å². The van der Waals surface area contributed by atoms with Gasteiger partial charge in [0.15, 0.2) is 0 Å². The topological polar surface area (TPSA) is 65.8 Å². The van der Waals surface area contributed by atoms with Crippen molar-refractivity contribution in [3.8, 4) is 17.6 Å². The highest BCUT2D eigenvalue weighted by Crippen LogP contribution is 2.24. The third kappa shape index (κ3) is 5.31. The van der Waals surface area contributed by atoms with Gasteiger partial charge in [0.2, 0.25) is 5.91 Å². The molecule has 1 aliphatic heterocycles. The Kier molecular flexibility index (Phi) is 7.69. The first-order chi connectivity index (χ1) is 14.7. The number of para-hydroxylation sites is 1. The maximum absolute atomic E-state index is 12.7. The van der Waals surface area contributed by atoms with Crippen LogP contribution in [0.25, 0.3) is 0 Å². The van der Waals surface area contributed by atoms with E-state index in [1.165, 1.54) is 0 Å². The molecule has 30 heavy (non-hydrogen) atoms. The van der Waals surface area contributed by atoms with Gasteiger partial charge in [-0.3, -0.25) is 9.69 Å². The summed E-state index contributed by atoms with van der Waals surface area (Å²) in [5.74, 6) is 1.78. The fraction of sp³-hybridized carbons (Fsp3) is 0.417. The SMILES string of the molecule is CCOc1ccccc1CCC(=O)N1CCN(C(C#N)c2ccc(OC)cc2)CC1. The second-order valence-corrected chi connectivity index (χ2v) is 7.26. The normalized spacial score (nSPS) is 15.3. The van der Waals surface area contributed by atoms with Gasteiger partial charge in [-0.25, -0.2) is 0 Å². The number of methoxy groups -OCH3 is 1. The molecule has 158 valence electrons. The molecule has 0 spiro atoms. The summed E-state index contributed by atoms with van der Waals surface area (Å²) in [5, 5.41) is 9.70. The number of ether oxygens (including phenoxy) is 2. The van der Waals surface area contributed by atoms with Crippen LogP contribution in [0.15, 0.2) is 48.5 Å². The highest BCUT2D eigenvalue weighted by molar-refractivity contribution is 5.76. The van der Waals surface area contributed by atoms with Crippen LogP contribution in [0.5, 0.6) is 11.5 Å². The molecule has 2 aromatic rings. The van der Waals surface area contributed by atoms with Crippen molar-refractivity contribution in [1.82, 2.24) is 9.80 Å². The third-order valence-corrected chi connectivity index (χ3v) is 5.47. The van der Waals surface area contributed by atoms with Gasteiger partial charge in [0.25, 0.3) is 0 Å². The number of aryl methyl sites for hydroxylation is 1. The van der Waals surface area contributed by atoms with E-state index < -0.39 is 0 Å². The molecule has 3 rings (SSSR count). The number of nitrogens with zero attached hydrogens (tertiary/aromatic N) is 3. The number of hydrogen-bond donors (Lipinski definition) is 0. The van der Waals surface area contributed by atoms with E-state index in [0.717, 1.165) is 22.6 Å². The van der Waals surface area contributed by atoms with Gasteiger partial charge in [-0.05, 0) is 42.7 Å². The summed E-state index contributed by atoms with van der Waals surface area (Å²) in [7, 11) is 1.63. The van der Waals surface area contributed by atoms with Crippen LogP contribution in [0.4, 0.5) is 0 Å². The molecule has 0 saturated carbocycles. The van der Waals surface area contributed by atoms with E-state index in [0.29, 0.717) is 45.6 Å². The molecule has 1 amide bonds. The van der Waals surface area contributed by atoms with Crippen molar-refractivity contribution in [2.75, 3.05) is 39.9 Å². The average Bonchev–Trinajstić information content (AvgIpc) is 2.80. The number of amides is 1. The summed E-state index contributed by atoms with van der Waals surface area (Å²) in [5.41, 5.74) is 2.01. The lowest BCUT2D eigenvalue weighted by Crippen LogP contribution is -2.49. The highest BCUT2D eigenvalue weighted by Gasteiger charge is 2.27. The third-order valence-electron chi connectivity index (χ3n) is 5.47. The number of carbonyl (C=O) groups excluding carboxylic acids is 1. The Balaban J connectivity index is 1.53. The van der Waals surface area contributed by atoms with Gasteiger partial charge in [0.1, 0.15) is 17.5 Å². The van der Waals surface area contributed by atoms with Crippen molar-refractivity contribution in [1.29, 1.82) is 5.26 Å². The zero-order chi connectivity index (χ0) is 21.3. The zero-order valence-electron chi connectivity index (χ0n) is 17.7. The second-order valence-electron chi connectivity index (χ2n) is 7.26. The minimum atomic E-state index is -0.314. The number of rotatable bonds is 8. The molecule has 1 aliphatic rings. The van der Waals surface area contributed by atoms with Crippen molar-refractivity contribution < 1.29 is 14.3 Å². The molecule has 6 heteroatoms. The minimum Gasteiger partial charge on any atom is -0.497 e. The fourth-order valence-corrected chi connectivity index (χ4v) is 3.79. The molecule has 6 nitrogen and oxygen atoms in total. The van der Waals surface area contributed by atoms with Crippen LogP contribution >= 0.6 is 0 Å². The summed E-state index contributed by atoms with van der Waals surface area (Å²) in [6, 6.07) is 17.6. The minimum absolute atomic E-state index is 0.152. The number of piperazine rings is 1. The molecule has 0 N–H and O–H groups in total. The molecule has 1 unspecified atom stereocenters. The molecule has 1 fully saturated rings. The van der Waals surface area contributed by atoms with Gasteiger partial charge < -0.3 is 14.4 Å². The van der Waals surface area contributed by atoms with Crippen LogP contribution in [0, 0.1) is 11.3 Å². The molecule has 1 saturated heterocycles. The first kappa shape index (κ1) is 21.7. The van der Waals surface area contributed by atoms with E-state index in [4.69, 9.17) is 9.47 Å². The molecule has 0 radical (unpaired) electrons. The molecule has 2 aromatic carbocycles. The number of benzene rings is 2. The van der Waals surface area contributed by atoms with Gasteiger partial charge in [-0.2, -0.15) is 5.26 Å². The Bertz CT molecular complexity index is 868. The van der Waals surface area contributed by atoms with E-state index >= 15 is 0 Å². The summed E-state index contributed by atoms with van der Waals surface area (Å²) < 4.78 is 10.8. The quantitative estimate of drug-likeness (QED) is 0.671. The maximum atomic E-state index is 12.7. The Labute approximate surface area is 178 Å². The number of nitriles is 1. The largest absolute Gasteiger partial charge is 0.497 e. The Morgan fingerprint density at radius 1 is 1.10 bits per heavy atom. The van der Waals surface area contributed by atoms with E-state index in [1.54, 1.807) is 7.11 Å². The average molecular weight is 408 g/mol. The molecule has 0 aromatic heterocycles. The van der Waals surface area contributed by atoms with Crippen LogP contribution in [-0.4, -0.2) is 55.6 Å². The van der Waals surface area contributed by atoms with Crippen molar-refractivity contribution in [2.45, 2.75) is 25.8 Å². The zero-order valence-corrected chi connectivity index (χ0v) is 17.7. The highest BCUT2D eigenvalue weighted by atomic mass is 16.5. The first-order valence-corrected chi connectivity index (χ1v) is 10.4. The molecular formula is C24H29N3O3. The standard InChI is InChI=1S/C24H29N3O3/c1-3-30-23-7-5-4-6-20(23)10-13-24(28)27-16-14-26(15-17-27)22(18-25)19-8-11-21(29-2)12-9-19/h4-9,11-12,22H,3,10,13-17H2,1-2H3. The predicted molar refractivity (Wildman–Crippen MR) is 115 cm³/mol. The van der Waals surface area contributed by atoms with E-state index in [9.17, 15) is 10.1 Å². The predicted octanol–water partition coefficient (Wildman–Crippen LogP) is 3.44. The molecule has 0 bridgehead atoms. The van der Waals surface area contributed by atoms with Gasteiger partial charge in [-0.1, -0.05) is 30.3 Å². The first-order valence-electron chi connectivity index (χ1n) is 10.4. The van der Waals surface area contributed by atoms with Crippen molar-refractivity contribution >= 4 is 5.91 Å². The summed E-state index contributed by atoms with van der Waals surface area (Å²) in [6.45, 7) is 5.22. The maximum Gasteiger partial charge on any atom is 0.222 e. The fourth-order valence-electron chi connectivity index (χ4n) is 3.79. The van der Waals surface area contributed by atoms with Gasteiger partial charge >= 0.3 is 0 Å². The van der Waals surface area contributed by atoms with Gasteiger partial charge in [-0.15, -0.1) is 0 Å². The van der Waals surface area contributed by atoms with Crippen LogP contribution < -0.4 is 9.47 Å². The van der Waals surface area contributed by atoms with Crippen LogP contribution in [0.1, 0.15) is 30.5 Å². The molecule has 1 heterocycles. The van der Waals surface area contributed by atoms with Gasteiger partial charge in [0, 0.05) is 32.6 Å². The Morgan fingerprint density at radius 2 is 1.80 bits per heavy atom. The van der Waals surface area contributed by atoms with Crippen LogP contribution in [0.3, 0.4) is 0 Å². The second kappa shape index (κ2) is 10.7. The number of carbonyl (C=O) groups is 1. The summed E-state index contributed by atoms with van der Waals surface area (Å²) in [4.78, 5) is 16.8. The molecular weight excluding hydrogens is 378 g/mol. The van der Waals surface area contributed by atoms with Crippen molar-refractivity contribution in [3.63, 3.8) is 0 Å². The van der Waals surface area contributed by atoms with Crippen molar-refractivity contribution in [2.24, 2.45) is 0 Å². The van der Waals surface area contributed by atoms with E-state index in [-0.39, 0.29) is 11.9 Å². The lowest BCUT2D eigenvalue weighted by atomic mass is 10.0. The number of hydrogen-bond acceptors (Lipinski definition) is 5. The summed E-state index contributed by atoms with van der Waals surface area (Å²) >= 11 is 0. The molecule has 1 atom stereocenters. The van der Waals surface area contributed by atoms with Crippen LogP contribution in [-0.2, 0) is 11.2 Å². The monoisotopic (exact) mass is 407 g/mol. The Morgan fingerprint density at radius 3 is 2.43 bits per heavy atom. The van der Waals surface area contributed by atoms with Crippen LogP contribution in [0.2, 0.25) is 0 Å². The van der Waals surface area contributed by atoms with E-state index in [1.807, 2.05) is 60.4 Å². The molecule has 0 aliphatic carbocycles. The smallest absolute Gasteiger partial charge is 0.222 e. The lowest BCUT2D eigenvalue weighted by Gasteiger charge is -2.37.